The van der Waals surface area contributed by atoms with Gasteiger partial charge < -0.3 is 15.0 Å². The molecule has 1 amide bonds. The van der Waals surface area contributed by atoms with Crippen molar-refractivity contribution in [2.45, 2.75) is 63.1 Å². The molecule has 6 heteroatoms. The molecule has 7 rings (SSSR count). The number of carbonyl (C=O) groups excluding carboxylic acids is 1. The fourth-order valence-corrected chi connectivity index (χ4v) is 6.39. The van der Waals surface area contributed by atoms with Gasteiger partial charge in [-0.2, -0.15) is 0 Å². The fraction of sp³-hybridized carbons (Fsp3) is 0.500. The third-order valence-corrected chi connectivity index (χ3v) is 8.85. The quantitative estimate of drug-likeness (QED) is 0.699. The summed E-state index contributed by atoms with van der Waals surface area (Å²) in [6.45, 7) is 0.746. The van der Waals surface area contributed by atoms with Crippen LogP contribution in [0.5, 0.6) is 0 Å². The summed E-state index contributed by atoms with van der Waals surface area (Å²) < 4.78 is 2.16. The number of para-hydroxylation sites is 1. The zero-order chi connectivity index (χ0) is 21.7. The van der Waals surface area contributed by atoms with Gasteiger partial charge in [0.2, 0.25) is 0 Å². The lowest BCUT2D eigenvalue weighted by molar-refractivity contribution is -0.141. The first-order valence-corrected chi connectivity index (χ1v) is 11.8. The van der Waals surface area contributed by atoms with Crippen molar-refractivity contribution in [2.75, 3.05) is 0 Å². The highest BCUT2D eigenvalue weighted by molar-refractivity contribution is 6.06. The van der Waals surface area contributed by atoms with Crippen molar-refractivity contribution in [2.24, 2.45) is 21.7 Å². The molecular formula is C26H27N3O3. The fourth-order valence-electron chi connectivity index (χ4n) is 6.39. The van der Waals surface area contributed by atoms with Crippen LogP contribution in [0.1, 0.15) is 55.3 Å². The summed E-state index contributed by atoms with van der Waals surface area (Å²) in [5.74, 6) is -0.0427. The Morgan fingerprint density at radius 2 is 2.00 bits per heavy atom. The third-order valence-electron chi connectivity index (χ3n) is 8.85. The van der Waals surface area contributed by atoms with E-state index in [0.717, 1.165) is 42.6 Å². The Bertz CT molecular complexity index is 1240. The van der Waals surface area contributed by atoms with Crippen LogP contribution in [0.3, 0.4) is 0 Å². The number of amides is 1. The van der Waals surface area contributed by atoms with Crippen LogP contribution in [-0.2, 0) is 11.3 Å². The van der Waals surface area contributed by atoms with Gasteiger partial charge in [-0.3, -0.25) is 14.6 Å². The Morgan fingerprint density at radius 1 is 1.19 bits per heavy atom. The van der Waals surface area contributed by atoms with E-state index in [4.69, 9.17) is 4.99 Å². The minimum atomic E-state index is -0.694. The maximum Gasteiger partial charge on any atom is 0.310 e. The summed E-state index contributed by atoms with van der Waals surface area (Å²) in [5.41, 5.74) is 1.94. The Balaban J connectivity index is 1.13. The maximum atomic E-state index is 13.4. The van der Waals surface area contributed by atoms with E-state index in [-0.39, 0.29) is 22.9 Å². The van der Waals surface area contributed by atoms with Crippen molar-refractivity contribution in [1.82, 2.24) is 9.88 Å². The van der Waals surface area contributed by atoms with Gasteiger partial charge in [0.15, 0.2) is 0 Å². The predicted octanol–water partition coefficient (Wildman–Crippen LogP) is 3.95. The molecule has 4 saturated carbocycles. The largest absolute Gasteiger partial charge is 0.481 e. The van der Waals surface area contributed by atoms with Gasteiger partial charge >= 0.3 is 5.97 Å². The smallest absolute Gasteiger partial charge is 0.310 e. The Labute approximate surface area is 186 Å². The number of carboxylic acids is 1. The molecule has 1 aliphatic heterocycles. The van der Waals surface area contributed by atoms with Gasteiger partial charge in [-0.05, 0) is 68.6 Å². The topological polar surface area (TPSA) is 83.7 Å². The lowest BCUT2D eigenvalue weighted by Gasteiger charge is -2.22. The number of aliphatic carboxylic acids is 1. The summed E-state index contributed by atoms with van der Waals surface area (Å²) >= 11 is 0. The first kappa shape index (κ1) is 18.7. The molecule has 2 aromatic rings. The molecule has 2 heterocycles. The molecule has 0 spiro atoms. The Kier molecular flexibility index (Phi) is 3.45. The lowest BCUT2D eigenvalue weighted by atomic mass is 10.0. The molecule has 0 radical (unpaired) electrons. The van der Waals surface area contributed by atoms with Crippen LogP contribution in [0.25, 0.3) is 10.9 Å². The average Bonchev–Trinajstić information content (AvgIpc) is 3.59. The summed E-state index contributed by atoms with van der Waals surface area (Å²) in [5, 5.41) is 13.9. The second-order valence-corrected chi connectivity index (χ2v) is 10.7. The van der Waals surface area contributed by atoms with Crippen LogP contribution in [0.15, 0.2) is 47.1 Å². The molecule has 0 saturated heterocycles. The molecular weight excluding hydrogens is 402 g/mol. The van der Waals surface area contributed by atoms with E-state index in [1.165, 1.54) is 18.4 Å². The van der Waals surface area contributed by atoms with E-state index < -0.39 is 11.4 Å². The molecule has 4 fully saturated rings. The number of hydrogen-bond acceptors (Lipinski definition) is 3. The predicted molar refractivity (Wildman–Crippen MR) is 121 cm³/mol. The van der Waals surface area contributed by atoms with Gasteiger partial charge in [0, 0.05) is 35.3 Å². The Morgan fingerprint density at radius 3 is 2.62 bits per heavy atom. The third kappa shape index (κ3) is 2.44. The molecule has 5 aliphatic rings. The minimum absolute atomic E-state index is 0.0800. The van der Waals surface area contributed by atoms with Crippen LogP contribution in [0, 0.1) is 16.7 Å². The van der Waals surface area contributed by atoms with Crippen LogP contribution in [-0.4, -0.2) is 39.3 Å². The van der Waals surface area contributed by atoms with Gasteiger partial charge in [0.25, 0.3) is 5.91 Å². The summed E-state index contributed by atoms with van der Waals surface area (Å²) in [4.78, 5) is 29.9. The van der Waals surface area contributed by atoms with Crippen LogP contribution in [0.2, 0.25) is 0 Å². The van der Waals surface area contributed by atoms with Gasteiger partial charge in [-0.25, -0.2) is 0 Å². The molecule has 6 nitrogen and oxygen atoms in total. The normalized spacial score (nSPS) is 33.4. The van der Waals surface area contributed by atoms with Crippen molar-refractivity contribution in [3.63, 3.8) is 0 Å². The maximum absolute atomic E-state index is 13.4. The molecule has 164 valence electrons. The number of carboxylic acid groups (broad SMARTS) is 1. The van der Waals surface area contributed by atoms with Crippen molar-refractivity contribution < 1.29 is 14.7 Å². The minimum Gasteiger partial charge on any atom is -0.481 e. The van der Waals surface area contributed by atoms with Crippen LogP contribution < -0.4 is 5.32 Å². The van der Waals surface area contributed by atoms with Crippen molar-refractivity contribution in [3.8, 4) is 0 Å². The molecule has 32 heavy (non-hydrogen) atoms. The molecule has 2 N–H and O–H groups in total. The molecule has 1 aromatic heterocycles. The summed E-state index contributed by atoms with van der Waals surface area (Å²) in [6, 6.07) is 8.11. The molecule has 1 aromatic carbocycles. The number of carbonyl (C=O) groups is 2. The molecule has 0 bridgehead atoms. The second kappa shape index (κ2) is 5.91. The van der Waals surface area contributed by atoms with Gasteiger partial charge in [0.05, 0.1) is 22.5 Å². The summed E-state index contributed by atoms with van der Waals surface area (Å²) in [7, 11) is 0. The van der Waals surface area contributed by atoms with Gasteiger partial charge in [0.1, 0.15) is 0 Å². The monoisotopic (exact) mass is 429 g/mol. The number of nitrogens with zero attached hydrogens (tertiary/aromatic N) is 2. The number of benzene rings is 1. The number of dihydropyridines is 1. The van der Waals surface area contributed by atoms with Gasteiger partial charge in [-0.15, -0.1) is 0 Å². The number of nitrogens with one attached hydrogen (secondary N) is 1. The standard InChI is InChI=1S/C26H27N3O3/c30-22(28-26(9-10-26)25-14-24(25,15-25)23(31)32)20-3-1-2-17-8-11-29(21(17)20)13-19-7-6-18(12-27-19)16-4-5-16/h1-3,6,8,11-12,16,19H,4-5,7,9-10,13-15H2,(H,28,30)(H,31,32). The number of hydrogen-bond donors (Lipinski definition) is 2. The Hall–Kier alpha value is -2.89. The van der Waals surface area contributed by atoms with Gasteiger partial charge in [-0.1, -0.05) is 18.2 Å². The molecule has 1 unspecified atom stereocenters. The zero-order valence-corrected chi connectivity index (χ0v) is 18.0. The molecule has 1 atom stereocenters. The first-order valence-electron chi connectivity index (χ1n) is 11.8. The number of aliphatic imine (C=N–C) groups is 1. The van der Waals surface area contributed by atoms with Crippen LogP contribution in [0.4, 0.5) is 0 Å². The van der Waals surface area contributed by atoms with E-state index in [9.17, 15) is 14.7 Å². The number of aromatic nitrogens is 1. The van der Waals surface area contributed by atoms with E-state index in [2.05, 4.69) is 34.4 Å². The number of rotatable bonds is 7. The first-order chi connectivity index (χ1) is 15.5. The van der Waals surface area contributed by atoms with E-state index >= 15 is 0 Å². The average molecular weight is 430 g/mol. The second-order valence-electron chi connectivity index (χ2n) is 10.7. The highest BCUT2D eigenvalue weighted by Gasteiger charge is 2.95. The SMILES string of the molecule is O=C(NC1(C23CC2(C(=O)O)C3)CC1)c1cccc2ccn(CC3CC=C(C4CC4)C=N3)c12. The van der Waals surface area contributed by atoms with Crippen LogP contribution >= 0.6 is 0 Å². The van der Waals surface area contributed by atoms with E-state index in [1.54, 1.807) is 0 Å². The molecule has 4 aliphatic carbocycles. The van der Waals surface area contributed by atoms with Crippen molar-refractivity contribution in [1.29, 1.82) is 0 Å². The van der Waals surface area contributed by atoms with E-state index in [1.807, 2.05) is 18.2 Å². The van der Waals surface area contributed by atoms with Crippen molar-refractivity contribution in [3.05, 3.63) is 47.7 Å². The lowest BCUT2D eigenvalue weighted by Crippen LogP contribution is -2.41. The van der Waals surface area contributed by atoms with E-state index in [0.29, 0.717) is 18.4 Å². The van der Waals surface area contributed by atoms with Crippen molar-refractivity contribution >= 4 is 29.0 Å². The summed E-state index contributed by atoms with van der Waals surface area (Å²) in [6.07, 6.45) is 13.2. The number of allylic oxidation sites excluding steroid dienone is 1. The zero-order valence-electron chi connectivity index (χ0n) is 18.0. The highest BCUT2D eigenvalue weighted by Crippen LogP contribution is 2.93. The highest BCUT2D eigenvalue weighted by atomic mass is 16.4. The number of fused-ring (bicyclic) bond motifs is 2.